The number of carboxylic acids is 2. The monoisotopic (exact) mass is 596 g/mol. The number of aryl methyl sites for hydroxylation is 1. The molecule has 12 heteroatoms. The first kappa shape index (κ1) is 31.1. The van der Waals surface area contributed by atoms with E-state index in [0.717, 1.165) is 78.1 Å². The van der Waals surface area contributed by atoms with Crippen molar-refractivity contribution in [2.24, 2.45) is 0 Å². The Kier molecular flexibility index (Phi) is 9.37. The van der Waals surface area contributed by atoms with Gasteiger partial charge in [0.05, 0.1) is 22.3 Å². The number of likely N-dealkylation sites (tertiary alicyclic amines) is 1. The number of fused-ring (bicyclic) bond motifs is 1. The summed E-state index contributed by atoms with van der Waals surface area (Å²) in [6, 6.07) is 18.8. The van der Waals surface area contributed by atoms with Crippen molar-refractivity contribution in [3.63, 3.8) is 0 Å². The molecule has 9 nitrogen and oxygen atoms in total. The van der Waals surface area contributed by atoms with E-state index in [1.54, 1.807) is 12.1 Å². The third kappa shape index (κ3) is 6.96. The number of carboxylic acid groups (broad SMARTS) is 2. The first-order chi connectivity index (χ1) is 20.4. The molecule has 2 amide bonds. The molecule has 0 radical (unpaired) electrons. The largest absolute Gasteiger partial charge is 0.490 e. The van der Waals surface area contributed by atoms with Crippen LogP contribution in [-0.2, 0) is 11.2 Å². The Morgan fingerprint density at radius 3 is 2.23 bits per heavy atom. The lowest BCUT2D eigenvalue weighted by Gasteiger charge is -2.18. The lowest BCUT2D eigenvalue weighted by atomic mass is 9.95. The summed E-state index contributed by atoms with van der Waals surface area (Å²) in [5.41, 5.74) is 6.23. The Morgan fingerprint density at radius 1 is 0.953 bits per heavy atom. The summed E-state index contributed by atoms with van der Waals surface area (Å²) >= 11 is 0. The van der Waals surface area contributed by atoms with Crippen molar-refractivity contribution in [2.75, 3.05) is 18.4 Å². The van der Waals surface area contributed by atoms with E-state index in [1.807, 2.05) is 60.4 Å². The van der Waals surface area contributed by atoms with E-state index in [-0.39, 0.29) is 11.6 Å². The fraction of sp³-hybridized carbons (Fsp3) is 0.290. The average Bonchev–Trinajstić information content (AvgIpc) is 3.62. The minimum atomic E-state index is -5.08. The predicted molar refractivity (Wildman–Crippen MR) is 156 cm³/mol. The topological polar surface area (TPSA) is 125 Å². The molecule has 0 unspecified atom stereocenters. The number of nitrogens with one attached hydrogen (secondary N) is 1. The number of aromatic nitrogens is 2. The van der Waals surface area contributed by atoms with Crippen molar-refractivity contribution in [3.8, 4) is 16.8 Å². The van der Waals surface area contributed by atoms with Gasteiger partial charge >= 0.3 is 24.1 Å². The van der Waals surface area contributed by atoms with Gasteiger partial charge in [-0.25, -0.2) is 19.4 Å². The fourth-order valence-electron chi connectivity index (χ4n) is 5.05. The second kappa shape index (κ2) is 13.0. The molecule has 3 aromatic carbocycles. The Labute approximate surface area is 245 Å². The molecule has 43 heavy (non-hydrogen) atoms. The number of halogens is 3. The number of hydrogen-bond donors (Lipinski definition) is 3. The molecule has 0 saturated carbocycles. The molecule has 0 atom stereocenters. The van der Waals surface area contributed by atoms with Crippen molar-refractivity contribution in [2.45, 2.75) is 45.7 Å². The van der Waals surface area contributed by atoms with Gasteiger partial charge in [-0.2, -0.15) is 13.2 Å². The van der Waals surface area contributed by atoms with E-state index in [0.29, 0.717) is 5.56 Å². The molecule has 5 rings (SSSR count). The van der Waals surface area contributed by atoms with Crippen LogP contribution in [0.1, 0.15) is 47.9 Å². The molecule has 1 aliphatic heterocycles. The molecule has 226 valence electrons. The highest BCUT2D eigenvalue weighted by molar-refractivity contribution is 5.97. The number of urea groups is 1. The SMILES string of the molecule is CCCc1nc2ccc(NC(=O)N3CCCC3)cc2n1-c1cccc(-c2ccccc2C(=O)O)c1C.O=C(O)C(F)(F)F. The van der Waals surface area contributed by atoms with Crippen LogP contribution in [0.2, 0.25) is 0 Å². The lowest BCUT2D eigenvalue weighted by molar-refractivity contribution is -0.192. The zero-order valence-electron chi connectivity index (χ0n) is 23.6. The number of aromatic carboxylic acids is 1. The minimum Gasteiger partial charge on any atom is -0.478 e. The molecular weight excluding hydrogens is 565 g/mol. The van der Waals surface area contributed by atoms with Gasteiger partial charge in [-0.15, -0.1) is 0 Å². The Hall–Kier alpha value is -4.87. The van der Waals surface area contributed by atoms with Crippen LogP contribution >= 0.6 is 0 Å². The molecular formula is C31H31F3N4O5. The van der Waals surface area contributed by atoms with Crippen LogP contribution in [0, 0.1) is 6.92 Å². The van der Waals surface area contributed by atoms with Gasteiger partial charge in [-0.3, -0.25) is 4.57 Å². The predicted octanol–water partition coefficient (Wildman–Crippen LogP) is 6.91. The summed E-state index contributed by atoms with van der Waals surface area (Å²) in [6.07, 6.45) is -1.28. The number of nitrogens with zero attached hydrogens (tertiary/aromatic N) is 3. The van der Waals surface area contributed by atoms with E-state index >= 15 is 0 Å². The fourth-order valence-corrected chi connectivity index (χ4v) is 5.05. The zero-order chi connectivity index (χ0) is 31.3. The number of benzene rings is 3. The summed E-state index contributed by atoms with van der Waals surface area (Å²) < 4.78 is 33.9. The van der Waals surface area contributed by atoms with E-state index in [4.69, 9.17) is 14.9 Å². The first-order valence-electron chi connectivity index (χ1n) is 13.7. The van der Waals surface area contributed by atoms with Crippen LogP contribution in [0.4, 0.5) is 23.7 Å². The molecule has 1 aromatic heterocycles. The van der Waals surface area contributed by atoms with Gasteiger partial charge in [0, 0.05) is 25.2 Å². The van der Waals surface area contributed by atoms with E-state index in [9.17, 15) is 27.9 Å². The number of imidazole rings is 1. The highest BCUT2D eigenvalue weighted by atomic mass is 19.4. The maximum atomic E-state index is 12.7. The number of carbonyl (C=O) groups excluding carboxylic acids is 1. The highest BCUT2D eigenvalue weighted by Crippen LogP contribution is 2.33. The van der Waals surface area contributed by atoms with Gasteiger partial charge in [0.1, 0.15) is 5.82 Å². The lowest BCUT2D eigenvalue weighted by Crippen LogP contribution is -2.32. The molecule has 3 N–H and O–H groups in total. The quantitative estimate of drug-likeness (QED) is 0.222. The van der Waals surface area contributed by atoms with Gasteiger partial charge in [0.15, 0.2) is 0 Å². The molecule has 1 aliphatic rings. The van der Waals surface area contributed by atoms with E-state index in [1.165, 1.54) is 0 Å². The third-order valence-corrected chi connectivity index (χ3v) is 7.08. The number of rotatable bonds is 6. The maximum absolute atomic E-state index is 12.7. The second-order valence-electron chi connectivity index (χ2n) is 10.0. The molecule has 0 bridgehead atoms. The summed E-state index contributed by atoms with van der Waals surface area (Å²) in [6.45, 7) is 5.72. The van der Waals surface area contributed by atoms with Crippen LogP contribution in [-0.4, -0.2) is 61.9 Å². The number of alkyl halides is 3. The molecule has 2 heterocycles. The normalized spacial score (nSPS) is 13.0. The van der Waals surface area contributed by atoms with Crippen molar-refractivity contribution in [3.05, 3.63) is 77.6 Å². The van der Waals surface area contributed by atoms with E-state index in [2.05, 4.69) is 16.8 Å². The van der Waals surface area contributed by atoms with Crippen LogP contribution in [0.25, 0.3) is 27.8 Å². The van der Waals surface area contributed by atoms with Crippen molar-refractivity contribution < 1.29 is 37.8 Å². The summed E-state index contributed by atoms with van der Waals surface area (Å²) in [7, 11) is 0. The van der Waals surface area contributed by atoms with E-state index < -0.39 is 18.1 Å². The Bertz CT molecular complexity index is 1660. The number of aliphatic carboxylic acids is 1. The van der Waals surface area contributed by atoms with Gasteiger partial charge in [-0.1, -0.05) is 37.3 Å². The van der Waals surface area contributed by atoms with Crippen LogP contribution in [0.5, 0.6) is 0 Å². The third-order valence-electron chi connectivity index (χ3n) is 7.08. The minimum absolute atomic E-state index is 0.0739. The second-order valence-corrected chi connectivity index (χ2v) is 10.0. The highest BCUT2D eigenvalue weighted by Gasteiger charge is 2.38. The number of hydrogen-bond acceptors (Lipinski definition) is 4. The molecule has 0 spiro atoms. The van der Waals surface area contributed by atoms with Crippen LogP contribution in [0.3, 0.4) is 0 Å². The Morgan fingerprint density at radius 2 is 1.60 bits per heavy atom. The maximum Gasteiger partial charge on any atom is 0.490 e. The zero-order valence-corrected chi connectivity index (χ0v) is 23.6. The average molecular weight is 597 g/mol. The summed E-state index contributed by atoms with van der Waals surface area (Å²) in [5, 5.41) is 19.9. The Balaban J connectivity index is 0.000000541. The van der Waals surface area contributed by atoms with Crippen LogP contribution < -0.4 is 5.32 Å². The standard InChI is InChI=1S/C29H30N4O3.C2HF3O2/c1-3-9-27-31-24-15-14-20(30-29(36)32-16-6-7-17-32)18-26(24)33(27)25-13-8-12-21(19(25)2)22-10-4-5-11-23(22)28(34)35;3-2(4,5)1(6)7/h4-5,8,10-15,18H,3,6-7,9,16-17H2,1-2H3,(H,30,36)(H,34,35);(H,6,7). The van der Waals surface area contributed by atoms with Gasteiger partial charge in [0.2, 0.25) is 0 Å². The van der Waals surface area contributed by atoms with Gasteiger partial charge < -0.3 is 20.4 Å². The van der Waals surface area contributed by atoms with Crippen LogP contribution in [0.15, 0.2) is 60.7 Å². The summed E-state index contributed by atoms with van der Waals surface area (Å²) in [4.78, 5) is 40.3. The number of amides is 2. The van der Waals surface area contributed by atoms with Crippen molar-refractivity contribution >= 4 is 34.7 Å². The molecule has 0 aliphatic carbocycles. The number of anilines is 1. The summed E-state index contributed by atoms with van der Waals surface area (Å²) in [5.74, 6) is -2.77. The molecule has 4 aromatic rings. The van der Waals surface area contributed by atoms with Gasteiger partial charge in [-0.05, 0) is 73.2 Å². The number of carbonyl (C=O) groups is 3. The van der Waals surface area contributed by atoms with Gasteiger partial charge in [0.25, 0.3) is 0 Å². The molecule has 1 fully saturated rings. The first-order valence-corrected chi connectivity index (χ1v) is 13.7. The van der Waals surface area contributed by atoms with Crippen molar-refractivity contribution in [1.29, 1.82) is 0 Å². The smallest absolute Gasteiger partial charge is 0.478 e. The van der Waals surface area contributed by atoms with Crippen molar-refractivity contribution in [1.82, 2.24) is 14.5 Å². The molecule has 1 saturated heterocycles.